The minimum absolute atomic E-state index is 0.475. The second kappa shape index (κ2) is 7.36. The summed E-state index contributed by atoms with van der Waals surface area (Å²) in [6, 6.07) is 5.81. The summed E-state index contributed by atoms with van der Waals surface area (Å²) >= 11 is 0. The van der Waals surface area contributed by atoms with E-state index < -0.39 is 5.54 Å². The van der Waals surface area contributed by atoms with Gasteiger partial charge >= 0.3 is 0 Å². The van der Waals surface area contributed by atoms with Gasteiger partial charge in [-0.15, -0.1) is 0 Å². The van der Waals surface area contributed by atoms with Crippen LogP contribution >= 0.6 is 0 Å². The van der Waals surface area contributed by atoms with Gasteiger partial charge in [0.1, 0.15) is 0 Å². The standard InChI is InChI=1S/C15H25NO3/c1-5-17-11-15(4,16)12-8-9-13(18-6-2)14(10-12)19-7-3/h8-10H,5-7,11,16H2,1-4H3. The van der Waals surface area contributed by atoms with Crippen molar-refractivity contribution in [3.8, 4) is 11.5 Å². The lowest BCUT2D eigenvalue weighted by molar-refractivity contribution is 0.101. The largest absolute Gasteiger partial charge is 0.490 e. The average molecular weight is 267 g/mol. The Kier molecular flexibility index (Phi) is 6.12. The third-order valence-electron chi connectivity index (χ3n) is 2.81. The van der Waals surface area contributed by atoms with Crippen molar-refractivity contribution < 1.29 is 14.2 Å². The zero-order valence-electron chi connectivity index (χ0n) is 12.4. The van der Waals surface area contributed by atoms with Crippen molar-refractivity contribution in [2.75, 3.05) is 26.4 Å². The minimum atomic E-state index is -0.535. The molecule has 2 N–H and O–H groups in total. The average Bonchev–Trinajstić information content (AvgIpc) is 2.39. The fourth-order valence-corrected chi connectivity index (χ4v) is 1.80. The Hall–Kier alpha value is -1.26. The van der Waals surface area contributed by atoms with Gasteiger partial charge in [-0.25, -0.2) is 0 Å². The number of hydrogen-bond acceptors (Lipinski definition) is 4. The van der Waals surface area contributed by atoms with Crippen molar-refractivity contribution in [1.29, 1.82) is 0 Å². The molecule has 1 unspecified atom stereocenters. The Morgan fingerprint density at radius 3 is 2.21 bits per heavy atom. The topological polar surface area (TPSA) is 53.7 Å². The van der Waals surface area contributed by atoms with Crippen LogP contribution in [0.1, 0.15) is 33.3 Å². The Labute approximate surface area is 115 Å². The highest BCUT2D eigenvalue weighted by Crippen LogP contribution is 2.32. The number of benzene rings is 1. The van der Waals surface area contributed by atoms with Crippen LogP contribution in [0.3, 0.4) is 0 Å². The van der Waals surface area contributed by atoms with Crippen LogP contribution in [0, 0.1) is 0 Å². The molecular formula is C15H25NO3. The minimum Gasteiger partial charge on any atom is -0.490 e. The molecule has 4 heteroatoms. The van der Waals surface area contributed by atoms with Crippen LogP contribution in [-0.4, -0.2) is 26.4 Å². The molecule has 1 atom stereocenters. The zero-order chi connectivity index (χ0) is 14.3. The molecule has 0 amide bonds. The van der Waals surface area contributed by atoms with E-state index in [9.17, 15) is 0 Å². The SMILES string of the molecule is CCOCC(C)(N)c1ccc(OCC)c(OCC)c1. The van der Waals surface area contributed by atoms with Crippen molar-refractivity contribution in [1.82, 2.24) is 0 Å². The van der Waals surface area contributed by atoms with E-state index in [1.165, 1.54) is 0 Å². The molecule has 0 aliphatic carbocycles. The zero-order valence-corrected chi connectivity index (χ0v) is 12.4. The summed E-state index contributed by atoms with van der Waals surface area (Å²) in [4.78, 5) is 0. The Balaban J connectivity index is 2.99. The van der Waals surface area contributed by atoms with E-state index in [2.05, 4.69) is 0 Å². The molecule has 0 aliphatic heterocycles. The number of hydrogen-bond donors (Lipinski definition) is 1. The highest BCUT2D eigenvalue weighted by molar-refractivity contribution is 5.45. The lowest BCUT2D eigenvalue weighted by Gasteiger charge is -2.26. The summed E-state index contributed by atoms with van der Waals surface area (Å²) in [7, 11) is 0. The van der Waals surface area contributed by atoms with E-state index in [-0.39, 0.29) is 0 Å². The molecule has 0 bridgehead atoms. The molecule has 1 aromatic rings. The van der Waals surface area contributed by atoms with E-state index in [0.717, 1.165) is 17.1 Å². The van der Waals surface area contributed by atoms with Crippen molar-refractivity contribution >= 4 is 0 Å². The quantitative estimate of drug-likeness (QED) is 0.787. The molecule has 0 saturated carbocycles. The Morgan fingerprint density at radius 1 is 1.00 bits per heavy atom. The number of rotatable bonds is 8. The first-order chi connectivity index (χ1) is 9.05. The van der Waals surface area contributed by atoms with E-state index in [0.29, 0.717) is 26.4 Å². The van der Waals surface area contributed by atoms with Gasteiger partial charge in [0.25, 0.3) is 0 Å². The predicted octanol–water partition coefficient (Wildman–Crippen LogP) is 2.69. The van der Waals surface area contributed by atoms with Crippen molar-refractivity contribution in [2.45, 2.75) is 33.2 Å². The third-order valence-corrected chi connectivity index (χ3v) is 2.81. The highest BCUT2D eigenvalue weighted by Gasteiger charge is 2.23. The van der Waals surface area contributed by atoms with Crippen LogP contribution in [0.5, 0.6) is 11.5 Å². The predicted molar refractivity (Wildman–Crippen MR) is 76.8 cm³/mol. The monoisotopic (exact) mass is 267 g/mol. The maximum atomic E-state index is 6.29. The lowest BCUT2D eigenvalue weighted by atomic mass is 9.94. The summed E-state index contributed by atoms with van der Waals surface area (Å²) in [6.07, 6.45) is 0. The van der Waals surface area contributed by atoms with Gasteiger partial charge in [-0.3, -0.25) is 0 Å². The molecule has 0 aromatic heterocycles. The van der Waals surface area contributed by atoms with Gasteiger partial charge in [0.05, 0.1) is 25.4 Å². The maximum absolute atomic E-state index is 6.29. The van der Waals surface area contributed by atoms with Gasteiger partial charge in [0.15, 0.2) is 11.5 Å². The van der Waals surface area contributed by atoms with Gasteiger partial charge in [-0.1, -0.05) is 6.07 Å². The van der Waals surface area contributed by atoms with Gasteiger partial charge in [-0.05, 0) is 45.4 Å². The summed E-state index contributed by atoms with van der Waals surface area (Å²) in [5.74, 6) is 1.48. The fraction of sp³-hybridized carbons (Fsp3) is 0.600. The summed E-state index contributed by atoms with van der Waals surface area (Å²) in [5.41, 5.74) is 6.74. The highest BCUT2D eigenvalue weighted by atomic mass is 16.5. The Morgan fingerprint density at radius 2 is 1.63 bits per heavy atom. The molecular weight excluding hydrogens is 242 g/mol. The smallest absolute Gasteiger partial charge is 0.161 e. The molecule has 1 rings (SSSR count). The number of nitrogens with two attached hydrogens (primary N) is 1. The van der Waals surface area contributed by atoms with Crippen LogP contribution in [0.2, 0.25) is 0 Å². The van der Waals surface area contributed by atoms with Crippen molar-refractivity contribution in [2.24, 2.45) is 5.73 Å². The first-order valence-electron chi connectivity index (χ1n) is 6.81. The van der Waals surface area contributed by atoms with Gasteiger partial charge in [0.2, 0.25) is 0 Å². The van der Waals surface area contributed by atoms with Gasteiger partial charge in [-0.2, -0.15) is 0 Å². The molecule has 19 heavy (non-hydrogen) atoms. The van der Waals surface area contributed by atoms with E-state index in [1.54, 1.807) is 0 Å². The summed E-state index contributed by atoms with van der Waals surface area (Å²) in [5, 5.41) is 0. The molecule has 0 aliphatic rings. The van der Waals surface area contributed by atoms with Crippen LogP contribution in [0.25, 0.3) is 0 Å². The molecule has 0 spiro atoms. The normalized spacial score (nSPS) is 13.9. The second-order valence-corrected chi connectivity index (χ2v) is 4.58. The molecule has 0 heterocycles. The summed E-state index contributed by atoms with van der Waals surface area (Å²) < 4.78 is 16.6. The third kappa shape index (κ3) is 4.40. The van der Waals surface area contributed by atoms with Gasteiger partial charge in [0, 0.05) is 6.61 Å². The van der Waals surface area contributed by atoms with Crippen LogP contribution in [0.15, 0.2) is 18.2 Å². The first-order valence-corrected chi connectivity index (χ1v) is 6.81. The molecule has 0 saturated heterocycles. The molecule has 0 radical (unpaired) electrons. The fourth-order valence-electron chi connectivity index (χ4n) is 1.80. The van der Waals surface area contributed by atoms with Crippen LogP contribution < -0.4 is 15.2 Å². The number of ether oxygens (including phenoxy) is 3. The van der Waals surface area contributed by atoms with E-state index in [1.807, 2.05) is 45.9 Å². The molecule has 4 nitrogen and oxygen atoms in total. The van der Waals surface area contributed by atoms with Gasteiger partial charge < -0.3 is 19.9 Å². The molecule has 1 aromatic carbocycles. The molecule has 108 valence electrons. The maximum Gasteiger partial charge on any atom is 0.161 e. The van der Waals surface area contributed by atoms with E-state index >= 15 is 0 Å². The van der Waals surface area contributed by atoms with E-state index in [4.69, 9.17) is 19.9 Å². The second-order valence-electron chi connectivity index (χ2n) is 4.58. The first kappa shape index (κ1) is 15.8. The summed E-state index contributed by atoms with van der Waals surface area (Å²) in [6.45, 7) is 10.1. The molecule has 0 fully saturated rings. The van der Waals surface area contributed by atoms with Crippen molar-refractivity contribution in [3.63, 3.8) is 0 Å². The lowest BCUT2D eigenvalue weighted by Crippen LogP contribution is -2.38. The van der Waals surface area contributed by atoms with Crippen LogP contribution in [-0.2, 0) is 10.3 Å². The van der Waals surface area contributed by atoms with Crippen molar-refractivity contribution in [3.05, 3.63) is 23.8 Å². The van der Waals surface area contributed by atoms with Crippen LogP contribution in [0.4, 0.5) is 0 Å². The Bertz CT molecular complexity index is 391.